The van der Waals surface area contributed by atoms with Crippen LogP contribution in [-0.4, -0.2) is 0 Å². The topological polar surface area (TPSA) is 0 Å². The molecule has 7 rings (SSSR count). The Morgan fingerprint density at radius 2 is 0.932 bits per heavy atom. The Hall–Kier alpha value is -4.46. The number of halogens is 1. The molecule has 1 heteroatoms. The third kappa shape index (κ3) is 7.92. The molecule has 0 bridgehead atoms. The Bertz CT molecular complexity index is 1920. The second-order valence-corrected chi connectivity index (χ2v) is 11.9. The van der Waals surface area contributed by atoms with E-state index in [9.17, 15) is 0 Å². The molecule has 0 fully saturated rings. The van der Waals surface area contributed by atoms with Crippen molar-refractivity contribution in [3.63, 3.8) is 0 Å². The fourth-order valence-electron chi connectivity index (χ4n) is 5.37. The van der Waals surface area contributed by atoms with E-state index in [4.69, 9.17) is 0 Å². The molecule has 0 aromatic heterocycles. The smallest absolute Gasteiger partial charge is 0.0181 e. The summed E-state index contributed by atoms with van der Waals surface area (Å²) in [6.45, 7) is 6.44. The van der Waals surface area contributed by atoms with Crippen molar-refractivity contribution in [1.82, 2.24) is 0 Å². The first kappa shape index (κ1) is 31.0. The number of aryl methyl sites for hydroxylation is 3. The minimum Gasteiger partial charge on any atom is -0.0622 e. The van der Waals surface area contributed by atoms with Gasteiger partial charge in [-0.3, -0.25) is 0 Å². The lowest BCUT2D eigenvalue weighted by molar-refractivity contribution is 1.14. The molecule has 7 aromatic rings. The van der Waals surface area contributed by atoms with Crippen LogP contribution in [0.25, 0.3) is 43.8 Å². The molecule has 0 saturated heterocycles. The monoisotopic (exact) mass is 634 g/mol. The molecule has 0 aliphatic rings. The molecule has 0 heterocycles. The summed E-state index contributed by atoms with van der Waals surface area (Å²) in [5.74, 6) is 0. The third-order valence-corrected chi connectivity index (χ3v) is 8.39. The molecule has 0 spiro atoms. The molecule has 44 heavy (non-hydrogen) atoms. The van der Waals surface area contributed by atoms with Gasteiger partial charge in [-0.2, -0.15) is 0 Å². The lowest BCUT2D eigenvalue weighted by atomic mass is 9.92. The van der Waals surface area contributed by atoms with Crippen LogP contribution in [0.3, 0.4) is 0 Å². The minimum absolute atomic E-state index is 1.07. The standard InChI is InChI=1S/C28H21Br.C8H10.C7H8/c1-2-19-9-11-20(12-10-19)21-13-15-25-22(17-21)5-3-7-27(25)28-8-4-6-23-18-24(29)14-16-26(23)28;1-2-8-6-4-3-5-7-8;1-7-5-3-2-4-6-7/h3-18H,2H2,1H3;3-7H,2H2,1H3;2-6H,1H3. The van der Waals surface area contributed by atoms with Gasteiger partial charge in [-0.25, -0.2) is 0 Å². The highest BCUT2D eigenvalue weighted by Gasteiger charge is 2.09. The maximum Gasteiger partial charge on any atom is 0.0181 e. The van der Waals surface area contributed by atoms with Crippen molar-refractivity contribution in [2.45, 2.75) is 33.6 Å². The van der Waals surface area contributed by atoms with Crippen LogP contribution in [0.5, 0.6) is 0 Å². The molecule has 0 radical (unpaired) electrons. The molecule has 0 aliphatic heterocycles. The van der Waals surface area contributed by atoms with Gasteiger partial charge in [0, 0.05) is 4.47 Å². The summed E-state index contributed by atoms with van der Waals surface area (Å²) in [4.78, 5) is 0. The van der Waals surface area contributed by atoms with Crippen LogP contribution < -0.4 is 0 Å². The lowest BCUT2D eigenvalue weighted by Gasteiger charge is -2.12. The van der Waals surface area contributed by atoms with E-state index in [0.29, 0.717) is 0 Å². The SMILES string of the molecule is CCc1ccc(-c2ccc3c(-c4cccc5cc(Br)ccc45)cccc3c2)cc1.CCc1ccccc1.Cc1ccccc1. The van der Waals surface area contributed by atoms with Gasteiger partial charge in [0.05, 0.1) is 0 Å². The number of hydrogen-bond acceptors (Lipinski definition) is 0. The predicted molar refractivity (Wildman–Crippen MR) is 196 cm³/mol. The van der Waals surface area contributed by atoms with Crippen LogP contribution in [0.2, 0.25) is 0 Å². The molecular weight excluding hydrogens is 596 g/mol. The van der Waals surface area contributed by atoms with Gasteiger partial charge in [-0.05, 0) is 92.9 Å². The number of rotatable bonds is 4. The lowest BCUT2D eigenvalue weighted by Crippen LogP contribution is -1.86. The van der Waals surface area contributed by atoms with Gasteiger partial charge >= 0.3 is 0 Å². The average Bonchev–Trinajstić information content (AvgIpc) is 3.08. The Morgan fingerprint density at radius 3 is 1.45 bits per heavy atom. The number of hydrogen-bond donors (Lipinski definition) is 0. The van der Waals surface area contributed by atoms with Crippen LogP contribution >= 0.6 is 15.9 Å². The second-order valence-electron chi connectivity index (χ2n) is 11.0. The molecule has 0 atom stereocenters. The molecule has 0 N–H and O–H groups in total. The molecular formula is C43H39Br. The second kappa shape index (κ2) is 15.3. The molecule has 0 aliphatic carbocycles. The zero-order chi connectivity index (χ0) is 30.7. The first-order valence-corrected chi connectivity index (χ1v) is 16.2. The summed E-state index contributed by atoms with van der Waals surface area (Å²) in [5, 5.41) is 5.09. The van der Waals surface area contributed by atoms with Crippen LogP contribution in [-0.2, 0) is 12.8 Å². The van der Waals surface area contributed by atoms with Crippen molar-refractivity contribution in [2.24, 2.45) is 0 Å². The highest BCUT2D eigenvalue weighted by molar-refractivity contribution is 9.10. The van der Waals surface area contributed by atoms with Gasteiger partial charge < -0.3 is 0 Å². The van der Waals surface area contributed by atoms with Crippen molar-refractivity contribution in [3.05, 3.63) is 179 Å². The van der Waals surface area contributed by atoms with Crippen LogP contribution in [0, 0.1) is 6.92 Å². The largest absolute Gasteiger partial charge is 0.0622 e. The van der Waals surface area contributed by atoms with E-state index in [1.165, 1.54) is 60.5 Å². The first-order valence-electron chi connectivity index (χ1n) is 15.4. The molecule has 0 amide bonds. The van der Waals surface area contributed by atoms with Crippen LogP contribution in [0.1, 0.15) is 30.5 Å². The summed E-state index contributed by atoms with van der Waals surface area (Å²) in [7, 11) is 0. The van der Waals surface area contributed by atoms with Crippen molar-refractivity contribution in [1.29, 1.82) is 0 Å². The quantitative estimate of drug-likeness (QED) is 0.181. The van der Waals surface area contributed by atoms with E-state index >= 15 is 0 Å². The van der Waals surface area contributed by atoms with E-state index in [-0.39, 0.29) is 0 Å². The summed E-state index contributed by atoms with van der Waals surface area (Å²) in [6, 6.07) is 56.1. The van der Waals surface area contributed by atoms with Gasteiger partial charge in [-0.15, -0.1) is 0 Å². The number of fused-ring (bicyclic) bond motifs is 2. The Morgan fingerprint density at radius 1 is 0.432 bits per heavy atom. The van der Waals surface area contributed by atoms with Gasteiger partial charge in [0.25, 0.3) is 0 Å². The van der Waals surface area contributed by atoms with E-state index in [2.05, 4.69) is 170 Å². The zero-order valence-corrected chi connectivity index (χ0v) is 27.4. The van der Waals surface area contributed by atoms with E-state index in [1.807, 2.05) is 24.3 Å². The van der Waals surface area contributed by atoms with Gasteiger partial charge in [0.15, 0.2) is 0 Å². The summed E-state index contributed by atoms with van der Waals surface area (Å²) >= 11 is 3.59. The highest BCUT2D eigenvalue weighted by Crippen LogP contribution is 2.36. The van der Waals surface area contributed by atoms with Gasteiger partial charge in [-0.1, -0.05) is 175 Å². The van der Waals surface area contributed by atoms with Crippen LogP contribution in [0.15, 0.2) is 162 Å². The number of benzene rings is 7. The van der Waals surface area contributed by atoms with Crippen LogP contribution in [0.4, 0.5) is 0 Å². The molecule has 0 saturated carbocycles. The average molecular weight is 636 g/mol. The molecule has 7 aromatic carbocycles. The van der Waals surface area contributed by atoms with Gasteiger partial charge in [0.2, 0.25) is 0 Å². The summed E-state index contributed by atoms with van der Waals surface area (Å²) in [5.41, 5.74) is 9.20. The third-order valence-electron chi connectivity index (χ3n) is 7.90. The zero-order valence-electron chi connectivity index (χ0n) is 25.8. The van der Waals surface area contributed by atoms with E-state index in [1.54, 1.807) is 0 Å². The van der Waals surface area contributed by atoms with E-state index in [0.717, 1.165) is 17.3 Å². The minimum atomic E-state index is 1.07. The molecule has 0 nitrogen and oxygen atoms in total. The van der Waals surface area contributed by atoms with Gasteiger partial charge in [0.1, 0.15) is 0 Å². The van der Waals surface area contributed by atoms with Crippen molar-refractivity contribution in [2.75, 3.05) is 0 Å². The maximum atomic E-state index is 3.59. The fraction of sp³-hybridized carbons (Fsp3) is 0.116. The fourth-order valence-corrected chi connectivity index (χ4v) is 5.75. The summed E-state index contributed by atoms with van der Waals surface area (Å²) in [6.07, 6.45) is 2.21. The van der Waals surface area contributed by atoms with Crippen molar-refractivity contribution < 1.29 is 0 Å². The van der Waals surface area contributed by atoms with Crippen molar-refractivity contribution >= 4 is 37.5 Å². The Kier molecular flexibility index (Phi) is 10.8. The molecule has 218 valence electrons. The summed E-state index contributed by atoms with van der Waals surface area (Å²) < 4.78 is 1.11. The Balaban J connectivity index is 0.000000209. The molecule has 0 unspecified atom stereocenters. The van der Waals surface area contributed by atoms with Crippen molar-refractivity contribution in [3.8, 4) is 22.3 Å². The highest BCUT2D eigenvalue weighted by atomic mass is 79.9. The van der Waals surface area contributed by atoms with E-state index < -0.39 is 0 Å². The Labute approximate surface area is 271 Å². The predicted octanol–water partition coefficient (Wildman–Crippen LogP) is 12.9. The first-order chi connectivity index (χ1) is 21.6. The maximum absolute atomic E-state index is 3.59. The normalized spacial score (nSPS) is 10.5.